The van der Waals surface area contributed by atoms with E-state index in [0.29, 0.717) is 11.7 Å². The average Bonchev–Trinajstić information content (AvgIpc) is 2.80. The van der Waals surface area contributed by atoms with Crippen LogP contribution in [0.5, 0.6) is 0 Å². The fourth-order valence-corrected chi connectivity index (χ4v) is 3.98. The fraction of sp³-hybridized carbons (Fsp3) is 0.0400. The van der Waals surface area contributed by atoms with Crippen LogP contribution in [0.1, 0.15) is 22.9 Å². The summed E-state index contributed by atoms with van der Waals surface area (Å²) in [6, 6.07) is 32.7. The zero-order chi connectivity index (χ0) is 19.6. The normalized spacial score (nSPS) is 16.1. The number of aliphatic imine (C=N–C) groups is 2. The molecule has 0 fully saturated rings. The van der Waals surface area contributed by atoms with Gasteiger partial charge in [0, 0.05) is 10.0 Å². The summed E-state index contributed by atoms with van der Waals surface area (Å²) in [5.41, 5.74) is 3.05. The predicted octanol–water partition coefficient (Wildman–Crippen LogP) is 6.88. The first kappa shape index (κ1) is 17.8. The summed E-state index contributed by atoms with van der Waals surface area (Å²) in [5.74, 6) is 1.41. The van der Waals surface area contributed by atoms with Crippen molar-refractivity contribution in [2.45, 2.75) is 6.17 Å². The van der Waals surface area contributed by atoms with Crippen LogP contribution in [0.4, 0.5) is 0 Å². The Kier molecular flexibility index (Phi) is 4.70. The lowest BCUT2D eigenvalue weighted by Crippen LogP contribution is -2.16. The van der Waals surface area contributed by atoms with Gasteiger partial charge in [-0.3, -0.25) is 4.99 Å². The van der Waals surface area contributed by atoms with Crippen molar-refractivity contribution in [2.24, 2.45) is 9.98 Å². The van der Waals surface area contributed by atoms with Gasteiger partial charge in [-0.05, 0) is 28.0 Å². The minimum Gasteiger partial charge on any atom is -0.438 e. The zero-order valence-corrected chi connectivity index (χ0v) is 17.1. The molecule has 0 aromatic heterocycles. The van der Waals surface area contributed by atoms with Gasteiger partial charge >= 0.3 is 0 Å². The molecule has 1 unspecified atom stereocenters. The van der Waals surface area contributed by atoms with E-state index < -0.39 is 0 Å². The molecule has 0 radical (unpaired) electrons. The van der Waals surface area contributed by atoms with E-state index in [1.54, 1.807) is 0 Å². The Labute approximate surface area is 178 Å². The Morgan fingerprint density at radius 2 is 1.34 bits per heavy atom. The molecule has 4 aromatic rings. The summed E-state index contributed by atoms with van der Waals surface area (Å²) in [4.78, 5) is 9.79. The SMILES string of the molecule is Brc1ccc(C2=NC(c3ccccc3)[N-]C(c3ccccc3)=N2)c2ccccc12. The maximum Gasteiger partial charge on any atom is 0.0822 e. The van der Waals surface area contributed by atoms with E-state index in [2.05, 4.69) is 52.3 Å². The smallest absolute Gasteiger partial charge is 0.0822 e. The van der Waals surface area contributed by atoms with Gasteiger partial charge in [-0.2, -0.15) is 0 Å². The zero-order valence-electron chi connectivity index (χ0n) is 15.5. The molecule has 1 atom stereocenters. The predicted molar refractivity (Wildman–Crippen MR) is 124 cm³/mol. The molecule has 4 aromatic carbocycles. The van der Waals surface area contributed by atoms with Gasteiger partial charge in [0.15, 0.2) is 0 Å². The summed E-state index contributed by atoms with van der Waals surface area (Å²) >= 11 is 3.66. The van der Waals surface area contributed by atoms with Crippen molar-refractivity contribution in [1.29, 1.82) is 0 Å². The first-order valence-corrected chi connectivity index (χ1v) is 10.2. The quantitative estimate of drug-likeness (QED) is 0.334. The highest BCUT2D eigenvalue weighted by Crippen LogP contribution is 2.33. The standard InChI is InChI=1S/C25H17BrN3/c26-22-16-15-21(19-13-7-8-14-20(19)22)25-28-23(17-9-3-1-4-10-17)27-24(29-25)18-11-5-2-6-12-18/h1-16,23H/q-1. The molecule has 1 aliphatic rings. The molecular formula is C25H17BrN3-. The van der Waals surface area contributed by atoms with Crippen molar-refractivity contribution >= 4 is 38.4 Å². The molecule has 0 N–H and O–H groups in total. The van der Waals surface area contributed by atoms with Gasteiger partial charge in [0.1, 0.15) is 0 Å². The van der Waals surface area contributed by atoms with Gasteiger partial charge in [-0.1, -0.05) is 113 Å². The average molecular weight is 439 g/mol. The number of hydrogen-bond acceptors (Lipinski definition) is 2. The van der Waals surface area contributed by atoms with Crippen molar-refractivity contribution < 1.29 is 0 Å². The van der Waals surface area contributed by atoms with Crippen LogP contribution < -0.4 is 0 Å². The van der Waals surface area contributed by atoms with E-state index in [1.807, 2.05) is 60.7 Å². The van der Waals surface area contributed by atoms with Gasteiger partial charge < -0.3 is 10.3 Å². The molecule has 0 aliphatic carbocycles. The minimum absolute atomic E-state index is 0.318. The molecule has 0 amide bonds. The van der Waals surface area contributed by atoms with Crippen molar-refractivity contribution in [3.63, 3.8) is 0 Å². The highest BCUT2D eigenvalue weighted by atomic mass is 79.9. The fourth-order valence-electron chi connectivity index (χ4n) is 3.51. The van der Waals surface area contributed by atoms with Crippen LogP contribution in [0.25, 0.3) is 16.1 Å². The Balaban J connectivity index is 1.70. The highest BCUT2D eigenvalue weighted by molar-refractivity contribution is 9.10. The maximum absolute atomic E-state index is 4.93. The Morgan fingerprint density at radius 1 is 0.690 bits per heavy atom. The van der Waals surface area contributed by atoms with E-state index in [-0.39, 0.29) is 6.17 Å². The summed E-state index contributed by atoms with van der Waals surface area (Å²) in [7, 11) is 0. The van der Waals surface area contributed by atoms with Crippen LogP contribution in [0.15, 0.2) is 112 Å². The Morgan fingerprint density at radius 3 is 2.10 bits per heavy atom. The van der Waals surface area contributed by atoms with Gasteiger partial charge in [-0.25, -0.2) is 0 Å². The van der Waals surface area contributed by atoms with Gasteiger partial charge in [0.2, 0.25) is 0 Å². The van der Waals surface area contributed by atoms with Gasteiger partial charge in [-0.15, -0.1) is 0 Å². The van der Waals surface area contributed by atoms with Gasteiger partial charge in [0.05, 0.1) is 12.0 Å². The van der Waals surface area contributed by atoms with Crippen LogP contribution in [0.3, 0.4) is 0 Å². The number of halogens is 1. The van der Waals surface area contributed by atoms with Crippen LogP contribution in [-0.2, 0) is 0 Å². The van der Waals surface area contributed by atoms with Crippen LogP contribution in [-0.4, -0.2) is 11.7 Å². The van der Waals surface area contributed by atoms with E-state index in [4.69, 9.17) is 15.3 Å². The van der Waals surface area contributed by atoms with Crippen molar-refractivity contribution in [1.82, 2.24) is 0 Å². The molecule has 4 heteroatoms. The number of benzene rings is 4. The topological polar surface area (TPSA) is 38.8 Å². The molecule has 1 aliphatic heterocycles. The summed E-state index contributed by atoms with van der Waals surface area (Å²) in [5, 5.41) is 7.11. The largest absolute Gasteiger partial charge is 0.438 e. The second-order valence-electron chi connectivity index (χ2n) is 6.81. The van der Waals surface area contributed by atoms with Crippen molar-refractivity contribution in [2.75, 3.05) is 0 Å². The first-order valence-electron chi connectivity index (χ1n) is 9.45. The molecule has 1 heterocycles. The highest BCUT2D eigenvalue weighted by Gasteiger charge is 2.15. The van der Waals surface area contributed by atoms with E-state index >= 15 is 0 Å². The lowest BCUT2D eigenvalue weighted by atomic mass is 10.0. The van der Waals surface area contributed by atoms with Crippen LogP contribution in [0, 0.1) is 0 Å². The molecule has 140 valence electrons. The minimum atomic E-state index is -0.318. The monoisotopic (exact) mass is 438 g/mol. The number of hydrogen-bond donors (Lipinski definition) is 0. The third kappa shape index (κ3) is 3.47. The number of rotatable bonds is 3. The van der Waals surface area contributed by atoms with Crippen molar-refractivity contribution in [3.8, 4) is 0 Å². The first-order chi connectivity index (χ1) is 14.3. The molecule has 0 bridgehead atoms. The molecule has 5 rings (SSSR count). The molecular weight excluding hydrogens is 422 g/mol. The van der Waals surface area contributed by atoms with E-state index in [1.165, 1.54) is 0 Å². The number of nitrogens with zero attached hydrogens (tertiary/aromatic N) is 3. The second-order valence-corrected chi connectivity index (χ2v) is 7.66. The summed E-state index contributed by atoms with van der Waals surface area (Å²) in [6.45, 7) is 0. The second kappa shape index (κ2) is 7.64. The summed E-state index contributed by atoms with van der Waals surface area (Å²) in [6.07, 6.45) is -0.318. The number of amidine groups is 2. The van der Waals surface area contributed by atoms with Crippen molar-refractivity contribution in [3.05, 3.63) is 124 Å². The summed E-state index contributed by atoms with van der Waals surface area (Å²) < 4.78 is 1.06. The molecule has 29 heavy (non-hydrogen) atoms. The van der Waals surface area contributed by atoms with Crippen LogP contribution in [0.2, 0.25) is 0 Å². The Hall–Kier alpha value is -3.24. The Bertz CT molecular complexity index is 1230. The molecule has 0 spiro atoms. The number of fused-ring (bicyclic) bond motifs is 1. The van der Waals surface area contributed by atoms with Gasteiger partial charge in [0.25, 0.3) is 0 Å². The third-order valence-corrected chi connectivity index (χ3v) is 5.63. The maximum atomic E-state index is 4.93. The van der Waals surface area contributed by atoms with Crippen LogP contribution >= 0.6 is 15.9 Å². The lowest BCUT2D eigenvalue weighted by Gasteiger charge is -2.32. The van der Waals surface area contributed by atoms with E-state index in [0.717, 1.165) is 31.9 Å². The molecule has 0 saturated carbocycles. The molecule has 3 nitrogen and oxygen atoms in total. The molecule has 0 saturated heterocycles. The third-order valence-electron chi connectivity index (χ3n) is 4.94. The lowest BCUT2D eigenvalue weighted by molar-refractivity contribution is 0.878. The van der Waals surface area contributed by atoms with E-state index in [9.17, 15) is 0 Å².